The van der Waals surface area contributed by atoms with Gasteiger partial charge in [-0.2, -0.15) is 8.42 Å². The number of Topliss-reactive ketones (excluding diaryl/α,β-unsaturated/α-hetero) is 1. The predicted octanol–water partition coefficient (Wildman–Crippen LogP) is -1.57. The summed E-state index contributed by atoms with van der Waals surface area (Å²) < 4.78 is 30.8. The summed E-state index contributed by atoms with van der Waals surface area (Å²) in [4.78, 5) is 38.6. The van der Waals surface area contributed by atoms with Crippen LogP contribution in [0.15, 0.2) is 5.38 Å². The number of hydrogen-bond donors (Lipinski definition) is 3. The first-order valence-electron chi connectivity index (χ1n) is 5.50. The molecule has 4 N–H and O–H groups in total. The van der Waals surface area contributed by atoms with E-state index < -0.39 is 40.0 Å². The molecule has 1 aromatic heterocycles. The number of anilines is 1. The fourth-order valence-electron chi connectivity index (χ4n) is 1.82. The molecule has 1 fully saturated rings. The molecule has 0 saturated carbocycles. The molecule has 1 unspecified atom stereocenters. The zero-order valence-corrected chi connectivity index (χ0v) is 12.1. The highest BCUT2D eigenvalue weighted by molar-refractivity contribution is 7.84. The van der Waals surface area contributed by atoms with Crippen LogP contribution in [0.4, 0.5) is 5.13 Å². The van der Waals surface area contributed by atoms with E-state index in [4.69, 9.17) is 10.3 Å². The number of rotatable bonds is 4. The smallest absolute Gasteiger partial charge is 0.362 e. The van der Waals surface area contributed by atoms with Gasteiger partial charge in [-0.05, 0) is 6.92 Å². The van der Waals surface area contributed by atoms with E-state index in [2.05, 4.69) is 10.3 Å². The Morgan fingerprint density at radius 2 is 2.14 bits per heavy atom. The molecule has 2 amide bonds. The molecule has 1 saturated heterocycles. The third-order valence-electron chi connectivity index (χ3n) is 2.83. The third-order valence-corrected chi connectivity index (χ3v) is 4.52. The van der Waals surface area contributed by atoms with E-state index in [1.165, 1.54) is 12.3 Å². The Hall–Kier alpha value is -2.05. The van der Waals surface area contributed by atoms with Gasteiger partial charge in [0.2, 0.25) is 0 Å². The fraction of sp³-hybridized carbons (Fsp3) is 0.333. The van der Waals surface area contributed by atoms with Crippen molar-refractivity contribution in [1.29, 1.82) is 0 Å². The second kappa shape index (κ2) is 5.05. The van der Waals surface area contributed by atoms with E-state index in [0.717, 1.165) is 11.3 Å². The average Bonchev–Trinajstić information content (AvgIpc) is 2.80. The molecule has 0 aromatic carbocycles. The molecule has 2 rings (SSSR count). The molecule has 0 aliphatic carbocycles. The van der Waals surface area contributed by atoms with Gasteiger partial charge in [0.05, 0.1) is 6.04 Å². The number of nitrogen functional groups attached to an aromatic ring is 1. The molecule has 2 atom stereocenters. The number of ketones is 1. The van der Waals surface area contributed by atoms with E-state index >= 15 is 0 Å². The lowest BCUT2D eigenvalue weighted by molar-refractivity contribution is -0.144. The van der Waals surface area contributed by atoms with Gasteiger partial charge in [0, 0.05) is 5.38 Å². The van der Waals surface area contributed by atoms with Gasteiger partial charge in [-0.25, -0.2) is 9.29 Å². The quantitative estimate of drug-likeness (QED) is 0.257. The van der Waals surface area contributed by atoms with E-state index in [1.54, 1.807) is 0 Å². The van der Waals surface area contributed by atoms with Crippen molar-refractivity contribution in [1.82, 2.24) is 14.6 Å². The summed E-state index contributed by atoms with van der Waals surface area (Å²) in [6, 6.07) is -2.20. The molecule has 12 heteroatoms. The lowest BCUT2D eigenvalue weighted by atomic mass is 10.0. The highest BCUT2D eigenvalue weighted by Gasteiger charge is 2.51. The Bertz CT molecular complexity index is 726. The van der Waals surface area contributed by atoms with Gasteiger partial charge in [-0.15, -0.1) is 11.3 Å². The fourth-order valence-corrected chi connectivity index (χ4v) is 3.24. The van der Waals surface area contributed by atoms with Crippen molar-refractivity contribution in [3.05, 3.63) is 11.1 Å². The minimum atomic E-state index is -4.68. The molecule has 1 aliphatic heterocycles. The van der Waals surface area contributed by atoms with E-state index in [0.29, 0.717) is 0 Å². The Kier molecular flexibility index (Phi) is 3.69. The first-order valence-corrected chi connectivity index (χ1v) is 7.77. The van der Waals surface area contributed by atoms with Gasteiger partial charge in [0.25, 0.3) is 17.6 Å². The maximum Gasteiger partial charge on any atom is 0.362 e. The van der Waals surface area contributed by atoms with Crippen molar-refractivity contribution in [3.63, 3.8) is 0 Å². The van der Waals surface area contributed by atoms with Crippen LogP contribution in [-0.2, 0) is 19.9 Å². The van der Waals surface area contributed by atoms with Gasteiger partial charge in [-0.1, -0.05) is 0 Å². The average molecular weight is 334 g/mol. The molecular weight excluding hydrogens is 324 g/mol. The number of nitrogens with zero attached hydrogens (tertiary/aromatic N) is 2. The summed E-state index contributed by atoms with van der Waals surface area (Å²) in [5.74, 6) is -3.13. The molecule has 1 aliphatic rings. The van der Waals surface area contributed by atoms with Crippen LogP contribution in [0.2, 0.25) is 0 Å². The molecule has 0 radical (unpaired) electrons. The monoisotopic (exact) mass is 334 g/mol. The van der Waals surface area contributed by atoms with Crippen molar-refractivity contribution in [2.24, 2.45) is 0 Å². The third kappa shape index (κ3) is 2.72. The summed E-state index contributed by atoms with van der Waals surface area (Å²) >= 11 is 0.972. The number of amides is 2. The Balaban J connectivity index is 2.05. The molecule has 10 nitrogen and oxygen atoms in total. The van der Waals surface area contributed by atoms with Crippen molar-refractivity contribution in [2.45, 2.75) is 19.0 Å². The molecule has 114 valence electrons. The van der Waals surface area contributed by atoms with Crippen LogP contribution < -0.4 is 11.1 Å². The van der Waals surface area contributed by atoms with E-state index in [-0.39, 0.29) is 15.1 Å². The topological polar surface area (TPSA) is 160 Å². The van der Waals surface area contributed by atoms with Gasteiger partial charge >= 0.3 is 10.3 Å². The van der Waals surface area contributed by atoms with Crippen molar-refractivity contribution >= 4 is 44.4 Å². The van der Waals surface area contributed by atoms with Crippen molar-refractivity contribution in [2.75, 3.05) is 5.73 Å². The minimum Gasteiger partial charge on any atom is -0.375 e. The standard InChI is InChI=1S/C9H10N4O6S2/c1-3-5(8(16)13(3)21(17,18)19)12-7(15)6(14)4-2-20-9(10)11-4/h2-3,5H,1H3,(H2,10,11)(H,12,15)(H,17,18,19)/t3-,5?/m0/s1. The van der Waals surface area contributed by atoms with Crippen LogP contribution in [0.1, 0.15) is 17.4 Å². The van der Waals surface area contributed by atoms with Gasteiger partial charge in [0.1, 0.15) is 11.7 Å². The Morgan fingerprint density at radius 1 is 1.52 bits per heavy atom. The summed E-state index contributed by atoms with van der Waals surface area (Å²) in [6.45, 7) is 1.30. The molecule has 21 heavy (non-hydrogen) atoms. The lowest BCUT2D eigenvalue weighted by Gasteiger charge is -2.41. The number of hydrogen-bond acceptors (Lipinski definition) is 8. The maximum absolute atomic E-state index is 11.7. The summed E-state index contributed by atoms with van der Waals surface area (Å²) in [5, 5.41) is 3.49. The first-order chi connectivity index (χ1) is 9.62. The number of β-lactam (4-membered cyclic amide) rings is 1. The van der Waals surface area contributed by atoms with Gasteiger partial charge in [0.15, 0.2) is 5.13 Å². The van der Waals surface area contributed by atoms with Crippen LogP contribution in [0.5, 0.6) is 0 Å². The van der Waals surface area contributed by atoms with Crippen LogP contribution in [-0.4, -0.2) is 51.9 Å². The maximum atomic E-state index is 11.7. The second-order valence-corrected chi connectivity index (χ2v) is 6.38. The molecule has 1 aromatic rings. The SMILES string of the molecule is C[C@H]1C(NC(=O)C(=O)c2csc(N)n2)C(=O)N1S(=O)(=O)O. The van der Waals surface area contributed by atoms with Crippen LogP contribution in [0, 0.1) is 0 Å². The van der Waals surface area contributed by atoms with Crippen LogP contribution in [0.25, 0.3) is 0 Å². The summed E-state index contributed by atoms with van der Waals surface area (Å²) in [7, 11) is -4.68. The largest absolute Gasteiger partial charge is 0.375 e. The van der Waals surface area contributed by atoms with Crippen molar-refractivity contribution < 1.29 is 27.4 Å². The highest BCUT2D eigenvalue weighted by Crippen LogP contribution is 2.23. The highest BCUT2D eigenvalue weighted by atomic mass is 32.2. The van der Waals surface area contributed by atoms with Crippen LogP contribution >= 0.6 is 11.3 Å². The minimum absolute atomic E-state index is 0.108. The van der Waals surface area contributed by atoms with E-state index in [9.17, 15) is 22.8 Å². The zero-order chi connectivity index (χ0) is 15.9. The normalized spacial score (nSPS) is 21.8. The molecular formula is C9H10N4O6S2. The number of thiazole rings is 1. The van der Waals surface area contributed by atoms with Crippen molar-refractivity contribution in [3.8, 4) is 0 Å². The number of nitrogens with two attached hydrogens (primary N) is 1. The van der Waals surface area contributed by atoms with Gasteiger partial charge in [-0.3, -0.25) is 18.9 Å². The number of carbonyl (C=O) groups is 3. The van der Waals surface area contributed by atoms with E-state index in [1.807, 2.05) is 0 Å². The number of nitrogens with one attached hydrogen (secondary N) is 1. The predicted molar refractivity (Wildman–Crippen MR) is 70.6 cm³/mol. The molecule has 0 bridgehead atoms. The second-order valence-electron chi connectivity index (χ2n) is 4.20. The number of carbonyl (C=O) groups excluding carboxylic acids is 3. The summed E-state index contributed by atoms with van der Waals surface area (Å²) in [6.07, 6.45) is 0. The first kappa shape index (κ1) is 15.3. The van der Waals surface area contributed by atoms with Crippen LogP contribution in [0.3, 0.4) is 0 Å². The van der Waals surface area contributed by atoms with Gasteiger partial charge < -0.3 is 11.1 Å². The number of aromatic nitrogens is 1. The zero-order valence-electron chi connectivity index (χ0n) is 10.5. The Morgan fingerprint density at radius 3 is 2.57 bits per heavy atom. The molecule has 0 spiro atoms. The Labute approximate surface area is 122 Å². The summed E-state index contributed by atoms with van der Waals surface area (Å²) in [5.41, 5.74) is 5.17. The lowest BCUT2D eigenvalue weighted by Crippen LogP contribution is -2.71. The molecule has 2 heterocycles.